The van der Waals surface area contributed by atoms with E-state index in [2.05, 4.69) is 0 Å². The molecule has 58 valence electrons. The van der Waals surface area contributed by atoms with Crippen molar-refractivity contribution in [3.8, 4) is 0 Å². The van der Waals surface area contributed by atoms with E-state index in [1.54, 1.807) is 0 Å². The Morgan fingerprint density at radius 2 is 1.64 bits per heavy atom. The van der Waals surface area contributed by atoms with Gasteiger partial charge in [0.1, 0.15) is 19.5 Å². The summed E-state index contributed by atoms with van der Waals surface area (Å²) in [5.74, 6) is -0.845. The molecule has 0 saturated heterocycles. The fourth-order valence-corrected chi connectivity index (χ4v) is 0.908. The van der Waals surface area contributed by atoms with Gasteiger partial charge >= 0.3 is 0 Å². The number of rotatable bonds is 1. The fourth-order valence-electron chi connectivity index (χ4n) is 0.908. The average molecular weight is 154 g/mol. The minimum Gasteiger partial charge on any atom is -0.207 e. The lowest BCUT2D eigenvalue weighted by atomic mass is 9.83. The predicted molar refractivity (Wildman–Crippen MR) is 43.3 cm³/mol. The molecule has 0 aliphatic carbocycles. The van der Waals surface area contributed by atoms with Gasteiger partial charge in [-0.3, -0.25) is 0 Å². The van der Waals surface area contributed by atoms with Gasteiger partial charge in [-0.25, -0.2) is 8.78 Å². The molecule has 0 N–H and O–H groups in total. The molecule has 0 nitrogen and oxygen atoms in total. The maximum atomic E-state index is 12.5. The maximum absolute atomic E-state index is 12.5. The summed E-state index contributed by atoms with van der Waals surface area (Å²) in [6.07, 6.45) is 0. The highest BCUT2D eigenvalue weighted by Crippen LogP contribution is 2.14. The van der Waals surface area contributed by atoms with Crippen molar-refractivity contribution in [1.82, 2.24) is 0 Å². The van der Waals surface area contributed by atoms with Crippen molar-refractivity contribution >= 4 is 7.85 Å². The highest BCUT2D eigenvalue weighted by atomic mass is 19.1. The molecule has 0 aliphatic rings. The highest BCUT2D eigenvalue weighted by molar-refractivity contribution is 6.12. The summed E-state index contributed by atoms with van der Waals surface area (Å²) in [5.41, 5.74) is 0.697. The third-order valence-corrected chi connectivity index (χ3v) is 1.55. The second kappa shape index (κ2) is 3.03. The maximum Gasteiger partial charge on any atom is 0.126 e. The molecule has 1 unspecified atom stereocenters. The number of hydrogen-bond acceptors (Lipinski definition) is 0. The highest BCUT2D eigenvalue weighted by Gasteiger charge is 2.02. The topological polar surface area (TPSA) is 0 Å². The van der Waals surface area contributed by atoms with Crippen LogP contribution in [-0.2, 0) is 0 Å². The van der Waals surface area contributed by atoms with Gasteiger partial charge in [0, 0.05) is 6.07 Å². The Morgan fingerprint density at radius 1 is 1.18 bits per heavy atom. The largest absolute Gasteiger partial charge is 0.207 e. The quantitative estimate of drug-likeness (QED) is 0.539. The number of benzene rings is 1. The van der Waals surface area contributed by atoms with Gasteiger partial charge in [0.05, 0.1) is 0 Å². The van der Waals surface area contributed by atoms with Crippen LogP contribution in [0.15, 0.2) is 18.2 Å². The zero-order chi connectivity index (χ0) is 8.43. The Hall–Kier alpha value is -0.855. The molecule has 0 fully saturated rings. The molecular weight excluding hydrogens is 145 g/mol. The van der Waals surface area contributed by atoms with Crippen LogP contribution in [0.1, 0.15) is 18.3 Å². The fraction of sp³-hybridized carbons (Fsp3) is 0.250. The van der Waals surface area contributed by atoms with E-state index in [1.807, 2.05) is 14.8 Å². The molecule has 0 aromatic heterocycles. The molecule has 0 heterocycles. The zero-order valence-corrected chi connectivity index (χ0v) is 6.57. The van der Waals surface area contributed by atoms with Gasteiger partial charge in [-0.05, 0) is 23.5 Å². The first kappa shape index (κ1) is 8.24. The first-order valence-electron chi connectivity index (χ1n) is 3.55. The Labute approximate surface area is 65.6 Å². The molecule has 0 saturated carbocycles. The van der Waals surface area contributed by atoms with Crippen molar-refractivity contribution in [2.75, 3.05) is 0 Å². The molecule has 0 bridgehead atoms. The van der Waals surface area contributed by atoms with Crippen molar-refractivity contribution in [2.45, 2.75) is 12.7 Å². The van der Waals surface area contributed by atoms with Crippen LogP contribution in [0.2, 0.25) is 0 Å². The summed E-state index contributed by atoms with van der Waals surface area (Å²) < 4.78 is 25.1. The molecule has 0 radical (unpaired) electrons. The lowest BCUT2D eigenvalue weighted by Gasteiger charge is -2.04. The predicted octanol–water partition coefficient (Wildman–Crippen LogP) is 1.66. The standard InChI is InChI=1S/C8H9BF2/c1-5(9)6-2-7(10)4-8(11)3-6/h2-5H,9H2,1H3. The van der Waals surface area contributed by atoms with Crippen LogP contribution in [0, 0.1) is 11.6 Å². The third-order valence-electron chi connectivity index (χ3n) is 1.55. The Kier molecular flexibility index (Phi) is 2.27. The van der Waals surface area contributed by atoms with E-state index in [-0.39, 0.29) is 5.82 Å². The van der Waals surface area contributed by atoms with Crippen molar-refractivity contribution in [3.63, 3.8) is 0 Å². The molecule has 3 heteroatoms. The van der Waals surface area contributed by atoms with E-state index in [9.17, 15) is 8.78 Å². The van der Waals surface area contributed by atoms with Crippen LogP contribution in [0.3, 0.4) is 0 Å². The summed E-state index contributed by atoms with van der Waals surface area (Å²) in [6.45, 7) is 1.90. The van der Waals surface area contributed by atoms with Crippen LogP contribution in [0.25, 0.3) is 0 Å². The lowest BCUT2D eigenvalue weighted by molar-refractivity contribution is 0.579. The number of hydrogen-bond donors (Lipinski definition) is 0. The molecule has 11 heavy (non-hydrogen) atoms. The SMILES string of the molecule is BC(C)c1cc(F)cc(F)c1. The second-order valence-electron chi connectivity index (χ2n) is 2.86. The van der Waals surface area contributed by atoms with Crippen molar-refractivity contribution < 1.29 is 8.78 Å². The molecule has 1 aromatic rings. The van der Waals surface area contributed by atoms with E-state index in [1.165, 1.54) is 12.1 Å². The summed E-state index contributed by atoms with van der Waals surface area (Å²) in [6, 6.07) is 3.59. The van der Waals surface area contributed by atoms with Crippen LogP contribution in [0.5, 0.6) is 0 Å². The van der Waals surface area contributed by atoms with Crippen molar-refractivity contribution in [1.29, 1.82) is 0 Å². The molecule has 1 atom stereocenters. The number of halogens is 2. The van der Waals surface area contributed by atoms with Crippen LogP contribution < -0.4 is 0 Å². The van der Waals surface area contributed by atoms with Gasteiger partial charge in [0.25, 0.3) is 0 Å². The Morgan fingerprint density at radius 3 is 2.00 bits per heavy atom. The van der Waals surface area contributed by atoms with Crippen LogP contribution in [-0.4, -0.2) is 7.85 Å². The summed E-state index contributed by atoms with van der Waals surface area (Å²) >= 11 is 0. The average Bonchev–Trinajstić information content (AvgIpc) is 1.85. The zero-order valence-electron chi connectivity index (χ0n) is 6.57. The van der Waals surface area contributed by atoms with Gasteiger partial charge in [0.2, 0.25) is 0 Å². The molecule has 0 amide bonds. The van der Waals surface area contributed by atoms with Crippen LogP contribution >= 0.6 is 0 Å². The lowest BCUT2D eigenvalue weighted by Crippen LogP contribution is -1.94. The molecule has 0 aliphatic heterocycles. The van der Waals surface area contributed by atoms with Crippen molar-refractivity contribution in [2.24, 2.45) is 0 Å². The monoisotopic (exact) mass is 154 g/mol. The van der Waals surface area contributed by atoms with Gasteiger partial charge in [-0.1, -0.05) is 6.92 Å². The normalized spacial score (nSPS) is 13.0. The van der Waals surface area contributed by atoms with E-state index in [0.29, 0.717) is 5.56 Å². The van der Waals surface area contributed by atoms with E-state index < -0.39 is 11.6 Å². The summed E-state index contributed by atoms with van der Waals surface area (Å²) in [5, 5.41) is 0. The van der Waals surface area contributed by atoms with E-state index >= 15 is 0 Å². The Balaban J connectivity index is 3.08. The van der Waals surface area contributed by atoms with Gasteiger partial charge in [-0.2, -0.15) is 0 Å². The first-order valence-corrected chi connectivity index (χ1v) is 3.55. The third kappa shape index (κ3) is 2.04. The molecule has 1 aromatic carbocycles. The minimum atomic E-state index is -0.506. The van der Waals surface area contributed by atoms with E-state index in [0.717, 1.165) is 6.07 Å². The summed E-state index contributed by atoms with van der Waals surface area (Å²) in [7, 11) is 1.90. The molecular formula is C8H9BF2. The van der Waals surface area contributed by atoms with Gasteiger partial charge in [0.15, 0.2) is 0 Å². The molecule has 0 spiro atoms. The van der Waals surface area contributed by atoms with Gasteiger partial charge < -0.3 is 0 Å². The molecule has 1 rings (SSSR count). The van der Waals surface area contributed by atoms with Crippen molar-refractivity contribution in [3.05, 3.63) is 35.4 Å². The van der Waals surface area contributed by atoms with Gasteiger partial charge in [-0.15, -0.1) is 0 Å². The van der Waals surface area contributed by atoms with Crippen LogP contribution in [0.4, 0.5) is 8.78 Å². The smallest absolute Gasteiger partial charge is 0.126 e. The Bertz CT molecular complexity index is 238. The first-order chi connectivity index (χ1) is 5.09. The summed E-state index contributed by atoms with van der Waals surface area (Å²) in [4.78, 5) is 0. The second-order valence-corrected chi connectivity index (χ2v) is 2.86. The minimum absolute atomic E-state index is 0.167. The van der Waals surface area contributed by atoms with E-state index in [4.69, 9.17) is 0 Å².